The molecule has 0 unspecified atom stereocenters. The Kier molecular flexibility index (Phi) is 6.51. The molecule has 0 aliphatic rings. The molecule has 0 amide bonds. The smallest absolute Gasteiger partial charge is 0.0128 e. The van der Waals surface area contributed by atoms with Gasteiger partial charge in [-0.1, -0.05) is 96.7 Å². The molecular weight excluding hydrogens is 344 g/mol. The van der Waals surface area contributed by atoms with Gasteiger partial charge in [-0.25, -0.2) is 0 Å². The summed E-state index contributed by atoms with van der Waals surface area (Å²) in [5.74, 6) is 0. The van der Waals surface area contributed by atoms with Gasteiger partial charge >= 0.3 is 0 Å². The summed E-state index contributed by atoms with van der Waals surface area (Å²) in [5, 5.41) is 0. The van der Waals surface area contributed by atoms with Crippen molar-refractivity contribution in [3.63, 3.8) is 0 Å². The molecule has 0 saturated carbocycles. The summed E-state index contributed by atoms with van der Waals surface area (Å²) >= 11 is 1.79. The molecule has 0 bridgehead atoms. The highest BCUT2D eigenvalue weighted by Crippen LogP contribution is 2.32. The fourth-order valence-electron chi connectivity index (χ4n) is 2.89. The predicted octanol–water partition coefficient (Wildman–Crippen LogP) is 7.96. The van der Waals surface area contributed by atoms with Gasteiger partial charge in [0.1, 0.15) is 0 Å². The van der Waals surface area contributed by atoms with Gasteiger partial charge in [0.25, 0.3) is 0 Å². The van der Waals surface area contributed by atoms with Crippen molar-refractivity contribution in [2.45, 2.75) is 23.6 Å². The Balaban J connectivity index is 1.79. The predicted molar refractivity (Wildman–Crippen MR) is 120 cm³/mol. The molecule has 134 valence electrons. The summed E-state index contributed by atoms with van der Waals surface area (Å²) in [6.45, 7) is 7.95. The van der Waals surface area contributed by atoms with E-state index in [1.165, 1.54) is 37.6 Å². The van der Waals surface area contributed by atoms with Crippen LogP contribution >= 0.6 is 11.8 Å². The van der Waals surface area contributed by atoms with E-state index in [1.807, 2.05) is 19.1 Å². The molecule has 0 aliphatic heterocycles. The van der Waals surface area contributed by atoms with Gasteiger partial charge in [-0.15, -0.1) is 0 Å². The molecule has 0 heterocycles. The van der Waals surface area contributed by atoms with E-state index in [-0.39, 0.29) is 0 Å². The number of aryl methyl sites for hydroxylation is 1. The van der Waals surface area contributed by atoms with Crippen molar-refractivity contribution in [1.82, 2.24) is 0 Å². The van der Waals surface area contributed by atoms with Crippen LogP contribution in [0.1, 0.15) is 18.1 Å². The van der Waals surface area contributed by atoms with E-state index in [0.29, 0.717) is 0 Å². The van der Waals surface area contributed by atoms with Gasteiger partial charge in [-0.05, 0) is 60.4 Å². The average Bonchev–Trinajstić information content (AvgIpc) is 2.69. The van der Waals surface area contributed by atoms with E-state index in [1.54, 1.807) is 11.8 Å². The minimum absolute atomic E-state index is 1.17. The highest BCUT2D eigenvalue weighted by Gasteiger charge is 2.03. The fraction of sp³-hybridized carbons (Fsp3) is 0.0769. The van der Waals surface area contributed by atoms with Crippen LogP contribution in [0.25, 0.3) is 16.7 Å². The molecule has 0 nitrogen and oxygen atoms in total. The van der Waals surface area contributed by atoms with Crippen LogP contribution in [-0.4, -0.2) is 0 Å². The molecule has 3 rings (SSSR count). The van der Waals surface area contributed by atoms with E-state index in [0.717, 1.165) is 0 Å². The first-order valence-electron chi connectivity index (χ1n) is 9.10. The highest BCUT2D eigenvalue weighted by atomic mass is 32.2. The number of benzene rings is 3. The monoisotopic (exact) mass is 368 g/mol. The van der Waals surface area contributed by atoms with Crippen LogP contribution in [0.3, 0.4) is 0 Å². The minimum Gasteiger partial charge on any atom is -0.0990 e. The molecule has 3 aromatic rings. The van der Waals surface area contributed by atoms with Gasteiger partial charge in [0.15, 0.2) is 0 Å². The van der Waals surface area contributed by atoms with Crippen LogP contribution in [0.4, 0.5) is 0 Å². The Morgan fingerprint density at radius 1 is 0.852 bits per heavy atom. The van der Waals surface area contributed by atoms with Crippen LogP contribution in [0, 0.1) is 6.92 Å². The van der Waals surface area contributed by atoms with E-state index in [9.17, 15) is 0 Å². The van der Waals surface area contributed by atoms with Gasteiger partial charge in [-0.3, -0.25) is 0 Å². The molecule has 0 spiro atoms. The second-order valence-corrected chi connectivity index (χ2v) is 7.52. The Hall–Kier alpha value is -2.77. The van der Waals surface area contributed by atoms with Gasteiger partial charge in [-0.2, -0.15) is 0 Å². The first kappa shape index (κ1) is 19.0. The molecule has 0 N–H and O–H groups in total. The lowest BCUT2D eigenvalue weighted by Crippen LogP contribution is -1.82. The van der Waals surface area contributed by atoms with Crippen molar-refractivity contribution in [3.8, 4) is 11.1 Å². The van der Waals surface area contributed by atoms with Crippen molar-refractivity contribution in [2.24, 2.45) is 0 Å². The zero-order chi connectivity index (χ0) is 19.1. The Bertz CT molecular complexity index is 958. The van der Waals surface area contributed by atoms with E-state index >= 15 is 0 Å². The Labute approximate surface area is 167 Å². The van der Waals surface area contributed by atoms with Crippen LogP contribution in [0.2, 0.25) is 0 Å². The maximum atomic E-state index is 3.81. The number of hydrogen-bond acceptors (Lipinski definition) is 1. The second-order valence-electron chi connectivity index (χ2n) is 6.38. The van der Waals surface area contributed by atoms with Gasteiger partial charge in [0.2, 0.25) is 0 Å². The van der Waals surface area contributed by atoms with E-state index in [4.69, 9.17) is 0 Å². The molecule has 0 atom stereocenters. The second kappa shape index (κ2) is 9.25. The van der Waals surface area contributed by atoms with Crippen LogP contribution in [-0.2, 0) is 0 Å². The molecule has 0 aromatic heterocycles. The van der Waals surface area contributed by atoms with Crippen LogP contribution in [0.5, 0.6) is 0 Å². The Morgan fingerprint density at radius 3 is 2.26 bits per heavy atom. The fourth-order valence-corrected chi connectivity index (χ4v) is 3.77. The molecule has 3 aromatic carbocycles. The lowest BCUT2D eigenvalue weighted by atomic mass is 10.0. The maximum Gasteiger partial charge on any atom is 0.0128 e. The third kappa shape index (κ3) is 5.12. The zero-order valence-electron chi connectivity index (χ0n) is 15.9. The maximum absolute atomic E-state index is 3.81. The topological polar surface area (TPSA) is 0 Å². The van der Waals surface area contributed by atoms with E-state index < -0.39 is 0 Å². The summed E-state index contributed by atoms with van der Waals surface area (Å²) in [6.07, 6.45) is 8.02. The van der Waals surface area contributed by atoms with Crippen molar-refractivity contribution < 1.29 is 0 Å². The molecule has 27 heavy (non-hydrogen) atoms. The van der Waals surface area contributed by atoms with Gasteiger partial charge in [0, 0.05) is 9.79 Å². The first-order valence-corrected chi connectivity index (χ1v) is 9.92. The van der Waals surface area contributed by atoms with Crippen LogP contribution < -0.4 is 0 Å². The van der Waals surface area contributed by atoms with Gasteiger partial charge < -0.3 is 0 Å². The normalized spacial score (nSPS) is 11.7. The number of rotatable bonds is 6. The average molecular weight is 369 g/mol. The molecule has 0 saturated heterocycles. The number of allylic oxidation sites excluding steroid dienone is 5. The van der Waals surface area contributed by atoms with E-state index in [2.05, 4.69) is 98.5 Å². The highest BCUT2D eigenvalue weighted by molar-refractivity contribution is 7.99. The van der Waals surface area contributed by atoms with Crippen LogP contribution in [0.15, 0.2) is 113 Å². The summed E-state index contributed by atoms with van der Waals surface area (Å²) < 4.78 is 0. The summed E-state index contributed by atoms with van der Waals surface area (Å²) in [4.78, 5) is 2.48. The van der Waals surface area contributed by atoms with Crippen molar-refractivity contribution in [1.29, 1.82) is 0 Å². The summed E-state index contributed by atoms with van der Waals surface area (Å²) in [5.41, 5.74) is 6.16. The SMILES string of the molecule is C=CC=C(C=CC)c1ccc(Sc2cccc(-c3ccc(C)cc3)c2)cc1. The quantitative estimate of drug-likeness (QED) is 0.398. The Morgan fingerprint density at radius 2 is 1.59 bits per heavy atom. The third-order valence-electron chi connectivity index (χ3n) is 4.29. The van der Waals surface area contributed by atoms with Crippen molar-refractivity contribution >= 4 is 17.3 Å². The molecule has 1 heteroatoms. The minimum atomic E-state index is 1.17. The van der Waals surface area contributed by atoms with Crippen molar-refractivity contribution in [2.75, 3.05) is 0 Å². The molecule has 0 fully saturated rings. The summed E-state index contributed by atoms with van der Waals surface area (Å²) in [6, 6.07) is 26.1. The largest absolute Gasteiger partial charge is 0.0990 e. The zero-order valence-corrected chi connectivity index (χ0v) is 16.7. The third-order valence-corrected chi connectivity index (χ3v) is 5.28. The molecular formula is C26H24S. The lowest BCUT2D eigenvalue weighted by Gasteiger charge is -2.08. The summed E-state index contributed by atoms with van der Waals surface area (Å²) in [7, 11) is 0. The molecule has 0 radical (unpaired) electrons. The lowest BCUT2D eigenvalue weighted by molar-refractivity contribution is 1.39. The molecule has 0 aliphatic carbocycles. The van der Waals surface area contributed by atoms with Gasteiger partial charge in [0.05, 0.1) is 0 Å². The number of hydrogen-bond donors (Lipinski definition) is 0. The first-order chi connectivity index (χ1) is 13.2. The standard InChI is InChI=1S/C26H24S/c1-4-7-21(8-5-2)22-15-17-25(18-16-22)27-26-10-6-9-24(19-26)23-13-11-20(3)12-14-23/h4-19H,1H2,2-3H3. The van der Waals surface area contributed by atoms with Crippen molar-refractivity contribution in [3.05, 3.63) is 115 Å².